The zero-order valence-corrected chi connectivity index (χ0v) is 17.4. The summed E-state index contributed by atoms with van der Waals surface area (Å²) in [6.07, 6.45) is 1.77. The van der Waals surface area contributed by atoms with Crippen molar-refractivity contribution in [1.29, 1.82) is 0 Å². The molecule has 1 heterocycles. The molecule has 0 aliphatic rings. The van der Waals surface area contributed by atoms with Crippen LogP contribution in [0.1, 0.15) is 27.2 Å². The number of amides is 1. The third-order valence-corrected chi connectivity index (χ3v) is 4.60. The Morgan fingerprint density at radius 1 is 1.31 bits per heavy atom. The third-order valence-electron chi connectivity index (χ3n) is 3.74. The summed E-state index contributed by atoms with van der Waals surface area (Å²) >= 11 is 1.25. The number of ether oxygens (including phenoxy) is 1. The van der Waals surface area contributed by atoms with E-state index in [4.69, 9.17) is 4.74 Å². The fourth-order valence-corrected chi connectivity index (χ4v) is 3.26. The molecule has 1 aromatic carbocycles. The molecular formula is C20H23N3O5S. The first-order valence-corrected chi connectivity index (χ1v) is 9.76. The lowest BCUT2D eigenvalue weighted by Gasteiger charge is -2.19. The number of thiazole rings is 1. The van der Waals surface area contributed by atoms with Gasteiger partial charge in [-0.25, -0.2) is 4.98 Å². The van der Waals surface area contributed by atoms with E-state index in [0.29, 0.717) is 16.4 Å². The summed E-state index contributed by atoms with van der Waals surface area (Å²) in [5.41, 5.74) is 1.05. The zero-order chi connectivity index (χ0) is 21.6. The van der Waals surface area contributed by atoms with E-state index in [1.165, 1.54) is 28.4 Å². The monoisotopic (exact) mass is 417 g/mol. The van der Waals surface area contributed by atoms with E-state index < -0.39 is 16.8 Å². The van der Waals surface area contributed by atoms with Crippen LogP contribution in [0.2, 0.25) is 0 Å². The Hall–Kier alpha value is -3.07. The maximum atomic E-state index is 12.6. The van der Waals surface area contributed by atoms with Crippen molar-refractivity contribution in [2.75, 3.05) is 18.1 Å². The fourth-order valence-electron chi connectivity index (χ4n) is 2.39. The summed E-state index contributed by atoms with van der Waals surface area (Å²) in [6.45, 7) is 9.22. The number of hydrogen-bond acceptors (Lipinski definition) is 7. The predicted octanol–water partition coefficient (Wildman–Crippen LogP) is 4.22. The minimum atomic E-state index is -0.471. The summed E-state index contributed by atoms with van der Waals surface area (Å²) < 4.78 is 5.10. The van der Waals surface area contributed by atoms with Gasteiger partial charge in [0.2, 0.25) is 0 Å². The molecule has 0 bridgehead atoms. The average Bonchev–Trinajstić information content (AvgIpc) is 3.12. The number of rotatable bonds is 8. The molecule has 8 nitrogen and oxygen atoms in total. The summed E-state index contributed by atoms with van der Waals surface area (Å²) in [5.74, 6) is -0.841. The maximum absolute atomic E-state index is 12.6. The molecule has 2 aromatic rings. The standard InChI is InChI=1S/C20H23N3O5S/c1-5-10-22(17(24)12-28-18(25)11-20(2,3)4)19-21-16(13-29-19)14-6-8-15(9-7-14)23(26)27/h5-9,13H,1,10-12H2,2-4H3. The molecule has 0 atom stereocenters. The van der Waals surface area contributed by atoms with Gasteiger partial charge in [-0.05, 0) is 17.5 Å². The Morgan fingerprint density at radius 2 is 1.97 bits per heavy atom. The van der Waals surface area contributed by atoms with Crippen LogP contribution in [0.15, 0.2) is 42.3 Å². The van der Waals surface area contributed by atoms with Gasteiger partial charge in [0.15, 0.2) is 11.7 Å². The highest BCUT2D eigenvalue weighted by molar-refractivity contribution is 7.14. The van der Waals surface area contributed by atoms with E-state index in [-0.39, 0.29) is 30.7 Å². The molecular weight excluding hydrogens is 394 g/mol. The Kier molecular flexibility index (Phi) is 7.22. The van der Waals surface area contributed by atoms with Crippen LogP contribution >= 0.6 is 11.3 Å². The van der Waals surface area contributed by atoms with Gasteiger partial charge in [0.1, 0.15) is 0 Å². The minimum Gasteiger partial charge on any atom is -0.456 e. The number of non-ortho nitro benzene ring substituents is 1. The van der Waals surface area contributed by atoms with Crippen molar-refractivity contribution in [3.63, 3.8) is 0 Å². The summed E-state index contributed by atoms with van der Waals surface area (Å²) in [7, 11) is 0. The molecule has 9 heteroatoms. The van der Waals surface area contributed by atoms with E-state index in [0.717, 1.165) is 0 Å². The SMILES string of the molecule is C=CCN(C(=O)COC(=O)CC(C)(C)C)c1nc(-c2ccc([N+](=O)[O-])cc2)cs1. The molecule has 1 aromatic heterocycles. The molecule has 29 heavy (non-hydrogen) atoms. The number of esters is 1. The normalized spacial score (nSPS) is 11.0. The largest absolute Gasteiger partial charge is 0.456 e. The van der Waals surface area contributed by atoms with Crippen molar-refractivity contribution >= 4 is 34.0 Å². The Morgan fingerprint density at radius 3 is 2.52 bits per heavy atom. The zero-order valence-electron chi connectivity index (χ0n) is 16.6. The smallest absolute Gasteiger partial charge is 0.306 e. The summed E-state index contributed by atoms with van der Waals surface area (Å²) in [4.78, 5) is 40.6. The van der Waals surface area contributed by atoms with E-state index in [9.17, 15) is 19.7 Å². The van der Waals surface area contributed by atoms with Gasteiger partial charge in [0.25, 0.3) is 11.6 Å². The fraction of sp³-hybridized carbons (Fsp3) is 0.350. The highest BCUT2D eigenvalue weighted by Gasteiger charge is 2.22. The topological polar surface area (TPSA) is 103 Å². The first-order valence-electron chi connectivity index (χ1n) is 8.88. The van der Waals surface area contributed by atoms with Crippen molar-refractivity contribution in [2.45, 2.75) is 27.2 Å². The van der Waals surface area contributed by atoms with Crippen molar-refractivity contribution in [3.8, 4) is 11.3 Å². The van der Waals surface area contributed by atoms with Crippen molar-refractivity contribution < 1.29 is 19.2 Å². The number of carbonyl (C=O) groups excluding carboxylic acids is 2. The highest BCUT2D eigenvalue weighted by Crippen LogP contribution is 2.29. The highest BCUT2D eigenvalue weighted by atomic mass is 32.1. The van der Waals surface area contributed by atoms with Crippen LogP contribution in [0.25, 0.3) is 11.3 Å². The molecule has 2 rings (SSSR count). The lowest BCUT2D eigenvalue weighted by atomic mass is 9.92. The van der Waals surface area contributed by atoms with E-state index in [1.807, 2.05) is 20.8 Å². The van der Waals surface area contributed by atoms with Crippen LogP contribution in [0.3, 0.4) is 0 Å². The first-order chi connectivity index (χ1) is 13.6. The number of nitro groups is 1. The Bertz CT molecular complexity index is 900. The molecule has 0 saturated carbocycles. The van der Waals surface area contributed by atoms with Crippen LogP contribution in [-0.2, 0) is 14.3 Å². The van der Waals surface area contributed by atoms with E-state index >= 15 is 0 Å². The second-order valence-corrected chi connectivity index (χ2v) is 8.35. The Balaban J connectivity index is 2.10. The second kappa shape index (κ2) is 9.42. The molecule has 0 aliphatic heterocycles. The minimum absolute atomic E-state index is 0.00950. The molecule has 1 amide bonds. The number of nitrogens with zero attached hydrogens (tertiary/aromatic N) is 3. The summed E-state index contributed by atoms with van der Waals surface area (Å²) in [5, 5.41) is 13.0. The second-order valence-electron chi connectivity index (χ2n) is 7.51. The molecule has 154 valence electrons. The molecule has 0 unspecified atom stereocenters. The number of aromatic nitrogens is 1. The quantitative estimate of drug-likeness (QED) is 0.276. The van der Waals surface area contributed by atoms with Crippen LogP contribution in [-0.4, -0.2) is 34.9 Å². The van der Waals surface area contributed by atoms with Crippen LogP contribution in [0.5, 0.6) is 0 Å². The number of benzene rings is 1. The number of anilines is 1. The van der Waals surface area contributed by atoms with Gasteiger partial charge in [-0.15, -0.1) is 17.9 Å². The third kappa shape index (κ3) is 6.49. The van der Waals surface area contributed by atoms with Gasteiger partial charge in [-0.3, -0.25) is 24.6 Å². The molecule has 0 radical (unpaired) electrons. The van der Waals surface area contributed by atoms with Crippen molar-refractivity contribution in [3.05, 3.63) is 52.4 Å². The molecule has 0 aliphatic carbocycles. The summed E-state index contributed by atoms with van der Waals surface area (Å²) in [6, 6.07) is 6.00. The lowest BCUT2D eigenvalue weighted by molar-refractivity contribution is -0.384. The van der Waals surface area contributed by atoms with Crippen molar-refractivity contribution in [1.82, 2.24) is 4.98 Å². The molecule has 0 spiro atoms. The Labute approximate surface area is 173 Å². The predicted molar refractivity (Wildman–Crippen MR) is 112 cm³/mol. The average molecular weight is 417 g/mol. The van der Waals surface area contributed by atoms with E-state index in [2.05, 4.69) is 11.6 Å². The molecule has 0 saturated heterocycles. The van der Waals surface area contributed by atoms with Crippen LogP contribution < -0.4 is 4.90 Å². The van der Waals surface area contributed by atoms with Gasteiger partial charge < -0.3 is 4.74 Å². The van der Waals surface area contributed by atoms with Crippen LogP contribution in [0, 0.1) is 15.5 Å². The van der Waals surface area contributed by atoms with Gasteiger partial charge in [0.05, 0.1) is 17.0 Å². The van der Waals surface area contributed by atoms with E-state index in [1.54, 1.807) is 23.6 Å². The number of nitro benzene ring substituents is 1. The molecule has 0 fully saturated rings. The first kappa shape index (κ1) is 22.2. The van der Waals surface area contributed by atoms with Gasteiger partial charge >= 0.3 is 5.97 Å². The number of hydrogen-bond donors (Lipinski definition) is 0. The van der Waals surface area contributed by atoms with Gasteiger partial charge in [-0.2, -0.15) is 0 Å². The lowest BCUT2D eigenvalue weighted by Crippen LogP contribution is -2.35. The van der Waals surface area contributed by atoms with Gasteiger partial charge in [0, 0.05) is 29.6 Å². The van der Waals surface area contributed by atoms with Gasteiger partial charge in [-0.1, -0.05) is 26.8 Å². The molecule has 0 N–H and O–H groups in total. The van der Waals surface area contributed by atoms with Crippen LogP contribution in [0.4, 0.5) is 10.8 Å². The van der Waals surface area contributed by atoms with Crippen molar-refractivity contribution in [2.24, 2.45) is 5.41 Å². The number of carbonyl (C=O) groups is 2. The maximum Gasteiger partial charge on any atom is 0.306 e.